The predicted molar refractivity (Wildman–Crippen MR) is 66.1 cm³/mol. The minimum Gasteiger partial charge on any atom is -0.497 e. The van der Waals surface area contributed by atoms with Gasteiger partial charge in [0, 0.05) is 5.02 Å². The summed E-state index contributed by atoms with van der Waals surface area (Å²) in [7, 11) is 1.67. The lowest BCUT2D eigenvalue weighted by Crippen LogP contribution is -1.89. The molecule has 0 aliphatic heterocycles. The van der Waals surface area contributed by atoms with Crippen LogP contribution in [0.15, 0.2) is 42.5 Å². The molecule has 0 fully saturated rings. The summed E-state index contributed by atoms with van der Waals surface area (Å²) in [4.78, 5) is 0. The van der Waals surface area contributed by atoms with Crippen LogP contribution in [0.4, 0.5) is 0 Å². The van der Waals surface area contributed by atoms with Crippen molar-refractivity contribution in [3.63, 3.8) is 0 Å². The Morgan fingerprint density at radius 3 is 2.56 bits per heavy atom. The highest BCUT2D eigenvalue weighted by atomic mass is 35.5. The van der Waals surface area contributed by atoms with Crippen LogP contribution in [0.25, 0.3) is 0 Å². The van der Waals surface area contributed by atoms with E-state index in [1.807, 2.05) is 36.4 Å². The standard InChI is InChI=1S/C14H12ClO/c1-16-13-8-6-11(7-9-13)10-12-4-2-3-5-14(12)15/h2,4-9H,10H2,1H3. The van der Waals surface area contributed by atoms with Gasteiger partial charge in [0.15, 0.2) is 0 Å². The van der Waals surface area contributed by atoms with Crippen molar-refractivity contribution in [2.24, 2.45) is 0 Å². The Hall–Kier alpha value is -1.47. The molecular weight excluding hydrogens is 220 g/mol. The summed E-state index contributed by atoms with van der Waals surface area (Å²) in [5.41, 5.74) is 2.33. The van der Waals surface area contributed by atoms with E-state index < -0.39 is 0 Å². The predicted octanol–water partition coefficient (Wildman–Crippen LogP) is 3.74. The van der Waals surface area contributed by atoms with Crippen molar-refractivity contribution < 1.29 is 4.74 Å². The number of rotatable bonds is 3. The van der Waals surface area contributed by atoms with Crippen molar-refractivity contribution >= 4 is 11.6 Å². The summed E-state index contributed by atoms with van der Waals surface area (Å²) in [6.45, 7) is 0. The smallest absolute Gasteiger partial charge is 0.118 e. The van der Waals surface area contributed by atoms with E-state index >= 15 is 0 Å². The number of methoxy groups -OCH3 is 1. The van der Waals surface area contributed by atoms with Gasteiger partial charge in [0.2, 0.25) is 0 Å². The van der Waals surface area contributed by atoms with Crippen molar-refractivity contribution in [2.75, 3.05) is 7.11 Å². The molecule has 0 N–H and O–H groups in total. The Morgan fingerprint density at radius 1 is 1.19 bits per heavy atom. The number of hydrogen-bond acceptors (Lipinski definition) is 1. The number of halogens is 1. The molecule has 0 aliphatic carbocycles. The molecule has 2 heteroatoms. The lowest BCUT2D eigenvalue weighted by molar-refractivity contribution is 0.414. The van der Waals surface area contributed by atoms with E-state index in [4.69, 9.17) is 16.3 Å². The van der Waals surface area contributed by atoms with Gasteiger partial charge in [0.05, 0.1) is 7.11 Å². The van der Waals surface area contributed by atoms with Crippen molar-refractivity contribution in [3.8, 4) is 5.75 Å². The number of ether oxygens (including phenoxy) is 1. The second-order valence-electron chi connectivity index (χ2n) is 3.54. The molecule has 2 aromatic rings. The fraction of sp³-hybridized carbons (Fsp3) is 0.143. The Bertz CT molecular complexity index is 462. The first-order valence-corrected chi connectivity index (χ1v) is 5.45. The normalized spacial score (nSPS) is 10.1. The second kappa shape index (κ2) is 5.04. The molecule has 0 unspecified atom stereocenters. The average molecular weight is 232 g/mol. The molecule has 0 aliphatic rings. The van der Waals surface area contributed by atoms with Crippen LogP contribution >= 0.6 is 11.6 Å². The zero-order valence-electron chi connectivity index (χ0n) is 9.03. The summed E-state index contributed by atoms with van der Waals surface area (Å²) < 4.78 is 5.11. The zero-order valence-corrected chi connectivity index (χ0v) is 9.79. The molecule has 1 radical (unpaired) electrons. The van der Waals surface area contributed by atoms with Gasteiger partial charge >= 0.3 is 0 Å². The fourth-order valence-electron chi connectivity index (χ4n) is 1.55. The van der Waals surface area contributed by atoms with Crippen molar-refractivity contribution in [1.82, 2.24) is 0 Å². The van der Waals surface area contributed by atoms with Crippen molar-refractivity contribution in [3.05, 3.63) is 64.7 Å². The highest BCUT2D eigenvalue weighted by Crippen LogP contribution is 2.20. The Labute approximate surface area is 101 Å². The van der Waals surface area contributed by atoms with E-state index in [9.17, 15) is 0 Å². The topological polar surface area (TPSA) is 9.23 Å². The van der Waals surface area contributed by atoms with Crippen LogP contribution in [0.2, 0.25) is 5.02 Å². The number of hydrogen-bond donors (Lipinski definition) is 0. The molecule has 2 rings (SSSR count). The molecule has 16 heavy (non-hydrogen) atoms. The summed E-state index contributed by atoms with van der Waals surface area (Å²) in [5, 5.41) is 0.762. The van der Waals surface area contributed by atoms with Gasteiger partial charge in [-0.3, -0.25) is 0 Å². The molecule has 2 aromatic carbocycles. The van der Waals surface area contributed by atoms with Crippen LogP contribution < -0.4 is 4.74 Å². The summed E-state index contributed by atoms with van der Waals surface area (Å²) in [5.74, 6) is 0.872. The maximum Gasteiger partial charge on any atom is 0.118 e. The van der Waals surface area contributed by atoms with E-state index in [1.54, 1.807) is 13.2 Å². The molecule has 0 saturated heterocycles. The third kappa shape index (κ3) is 2.56. The SMILES string of the molecule is COc1ccc(Cc2cc[c]cc2Cl)cc1. The monoisotopic (exact) mass is 231 g/mol. The lowest BCUT2D eigenvalue weighted by atomic mass is 10.1. The molecule has 0 spiro atoms. The van der Waals surface area contributed by atoms with E-state index in [0.717, 1.165) is 22.8 Å². The average Bonchev–Trinajstić information content (AvgIpc) is 2.33. The summed E-state index contributed by atoms with van der Waals surface area (Å²) >= 11 is 6.08. The molecule has 0 amide bonds. The third-order valence-corrected chi connectivity index (χ3v) is 2.80. The van der Waals surface area contributed by atoms with Crippen LogP contribution in [0.1, 0.15) is 11.1 Å². The van der Waals surface area contributed by atoms with E-state index in [1.165, 1.54) is 5.56 Å². The molecular formula is C14H12ClO. The van der Waals surface area contributed by atoms with Gasteiger partial charge in [-0.25, -0.2) is 0 Å². The minimum absolute atomic E-state index is 0.762. The minimum atomic E-state index is 0.762. The van der Waals surface area contributed by atoms with Gasteiger partial charge in [0.1, 0.15) is 5.75 Å². The van der Waals surface area contributed by atoms with Crippen LogP contribution in [-0.4, -0.2) is 7.11 Å². The van der Waals surface area contributed by atoms with Crippen LogP contribution in [0.5, 0.6) is 5.75 Å². The van der Waals surface area contributed by atoms with Gasteiger partial charge in [-0.05, 0) is 41.8 Å². The van der Waals surface area contributed by atoms with E-state index in [0.29, 0.717) is 0 Å². The maximum absolute atomic E-state index is 6.08. The van der Waals surface area contributed by atoms with Gasteiger partial charge < -0.3 is 4.74 Å². The van der Waals surface area contributed by atoms with Crippen LogP contribution in [-0.2, 0) is 6.42 Å². The van der Waals surface area contributed by atoms with E-state index in [-0.39, 0.29) is 0 Å². The highest BCUT2D eigenvalue weighted by molar-refractivity contribution is 6.31. The molecule has 1 nitrogen and oxygen atoms in total. The maximum atomic E-state index is 6.08. The molecule has 0 heterocycles. The quantitative estimate of drug-likeness (QED) is 0.782. The van der Waals surface area contributed by atoms with Gasteiger partial charge in [-0.2, -0.15) is 0 Å². The van der Waals surface area contributed by atoms with Crippen LogP contribution in [0, 0.1) is 6.07 Å². The Morgan fingerprint density at radius 2 is 1.94 bits per heavy atom. The highest BCUT2D eigenvalue weighted by Gasteiger charge is 2.01. The molecule has 0 aromatic heterocycles. The first-order valence-electron chi connectivity index (χ1n) is 5.07. The fourth-order valence-corrected chi connectivity index (χ4v) is 1.74. The number of benzene rings is 2. The Kier molecular flexibility index (Phi) is 3.47. The summed E-state index contributed by atoms with van der Waals surface area (Å²) in [6.07, 6.45) is 0.831. The van der Waals surface area contributed by atoms with Gasteiger partial charge in [-0.1, -0.05) is 35.9 Å². The largest absolute Gasteiger partial charge is 0.497 e. The van der Waals surface area contributed by atoms with Crippen LogP contribution in [0.3, 0.4) is 0 Å². The third-order valence-electron chi connectivity index (χ3n) is 2.45. The lowest BCUT2D eigenvalue weighted by Gasteiger charge is -2.05. The zero-order chi connectivity index (χ0) is 11.4. The molecule has 0 atom stereocenters. The summed E-state index contributed by atoms with van der Waals surface area (Å²) in [6, 6.07) is 16.6. The Balaban J connectivity index is 2.18. The van der Waals surface area contributed by atoms with Crippen molar-refractivity contribution in [1.29, 1.82) is 0 Å². The first-order chi connectivity index (χ1) is 7.79. The molecule has 0 saturated carbocycles. The second-order valence-corrected chi connectivity index (χ2v) is 3.95. The van der Waals surface area contributed by atoms with Gasteiger partial charge in [-0.15, -0.1) is 0 Å². The van der Waals surface area contributed by atoms with Gasteiger partial charge in [0.25, 0.3) is 0 Å². The molecule has 0 bridgehead atoms. The molecule has 81 valence electrons. The van der Waals surface area contributed by atoms with Crippen molar-refractivity contribution in [2.45, 2.75) is 6.42 Å². The first kappa shape index (κ1) is 11.0. The van der Waals surface area contributed by atoms with E-state index in [2.05, 4.69) is 6.07 Å².